The first-order valence-corrected chi connectivity index (χ1v) is 8.64. The molecule has 0 radical (unpaired) electrons. The average molecular weight is 326 g/mol. The van der Waals surface area contributed by atoms with Gasteiger partial charge < -0.3 is 5.32 Å². The molecule has 1 aromatic carbocycles. The zero-order valence-electron chi connectivity index (χ0n) is 14.3. The fraction of sp³-hybridized carbons (Fsp3) is 0.368. The van der Waals surface area contributed by atoms with E-state index < -0.39 is 0 Å². The lowest BCUT2D eigenvalue weighted by Gasteiger charge is -2.19. The Morgan fingerprint density at radius 3 is 2.39 bits per heavy atom. The molecule has 3 nitrogen and oxygen atoms in total. The maximum atomic E-state index is 11.9. The molecule has 1 aliphatic heterocycles. The summed E-state index contributed by atoms with van der Waals surface area (Å²) in [5, 5.41) is 3.90. The van der Waals surface area contributed by atoms with Crippen LogP contribution in [0.15, 0.2) is 29.3 Å². The van der Waals surface area contributed by atoms with Crippen LogP contribution in [0.2, 0.25) is 0 Å². The van der Waals surface area contributed by atoms with Crippen molar-refractivity contribution < 1.29 is 4.79 Å². The Bertz CT molecular complexity index is 792. The number of aryl methyl sites for hydroxylation is 1. The minimum atomic E-state index is -0.0474. The normalized spacial score (nSPS) is 14.8. The van der Waals surface area contributed by atoms with Crippen LogP contribution in [-0.4, -0.2) is 18.2 Å². The van der Waals surface area contributed by atoms with E-state index >= 15 is 0 Å². The van der Waals surface area contributed by atoms with Gasteiger partial charge in [0, 0.05) is 16.0 Å². The Balaban J connectivity index is 2.11. The Morgan fingerprint density at radius 2 is 1.78 bits per heavy atom. The van der Waals surface area contributed by atoms with Gasteiger partial charge in [0.2, 0.25) is 5.91 Å². The lowest BCUT2D eigenvalue weighted by atomic mass is 9.86. The average Bonchev–Trinajstić information content (AvgIpc) is 2.66. The SMILES string of the molecule is Cc1sc2c(c1C)C(c1ccc(C(C)(C)C)cc1)=NCC(=O)N2. The highest BCUT2D eigenvalue weighted by atomic mass is 32.1. The first kappa shape index (κ1) is 15.9. The number of nitrogens with zero attached hydrogens (tertiary/aromatic N) is 1. The number of hydrogen-bond acceptors (Lipinski definition) is 3. The van der Waals surface area contributed by atoms with Gasteiger partial charge in [-0.05, 0) is 30.4 Å². The number of anilines is 1. The number of aliphatic imine (C=N–C) groups is 1. The predicted molar refractivity (Wildman–Crippen MR) is 98.1 cm³/mol. The summed E-state index contributed by atoms with van der Waals surface area (Å²) in [6, 6.07) is 8.55. The van der Waals surface area contributed by atoms with E-state index in [1.807, 2.05) is 0 Å². The summed E-state index contributed by atoms with van der Waals surface area (Å²) in [5.74, 6) is -0.0474. The maximum absolute atomic E-state index is 11.9. The third-order valence-electron chi connectivity index (χ3n) is 4.28. The van der Waals surface area contributed by atoms with Crippen LogP contribution in [0.25, 0.3) is 0 Å². The van der Waals surface area contributed by atoms with E-state index in [-0.39, 0.29) is 17.9 Å². The van der Waals surface area contributed by atoms with E-state index in [1.54, 1.807) is 11.3 Å². The van der Waals surface area contributed by atoms with Crippen LogP contribution >= 0.6 is 11.3 Å². The van der Waals surface area contributed by atoms with Crippen LogP contribution in [0, 0.1) is 13.8 Å². The van der Waals surface area contributed by atoms with Gasteiger partial charge >= 0.3 is 0 Å². The molecule has 0 saturated heterocycles. The Hall–Kier alpha value is -1.94. The number of nitrogens with one attached hydrogen (secondary N) is 1. The first-order valence-electron chi connectivity index (χ1n) is 7.83. The summed E-state index contributed by atoms with van der Waals surface area (Å²) in [6.45, 7) is 11.0. The van der Waals surface area contributed by atoms with Crippen molar-refractivity contribution in [1.82, 2.24) is 0 Å². The minimum Gasteiger partial charge on any atom is -0.316 e. The van der Waals surface area contributed by atoms with Gasteiger partial charge in [-0.15, -0.1) is 11.3 Å². The molecule has 0 bridgehead atoms. The van der Waals surface area contributed by atoms with Gasteiger partial charge in [0.15, 0.2) is 0 Å². The Morgan fingerprint density at radius 1 is 1.13 bits per heavy atom. The van der Waals surface area contributed by atoms with Gasteiger partial charge in [-0.25, -0.2) is 0 Å². The number of amides is 1. The molecule has 4 heteroatoms. The van der Waals surface area contributed by atoms with Gasteiger partial charge in [0.25, 0.3) is 0 Å². The molecule has 120 valence electrons. The Kier molecular flexibility index (Phi) is 3.88. The largest absolute Gasteiger partial charge is 0.316 e. The second kappa shape index (κ2) is 5.60. The van der Waals surface area contributed by atoms with Crippen molar-refractivity contribution in [2.75, 3.05) is 11.9 Å². The molecule has 3 rings (SSSR count). The van der Waals surface area contributed by atoms with Crippen molar-refractivity contribution in [2.24, 2.45) is 4.99 Å². The molecule has 0 fully saturated rings. The second-order valence-electron chi connectivity index (χ2n) is 7.03. The zero-order valence-corrected chi connectivity index (χ0v) is 15.1. The predicted octanol–water partition coefficient (Wildman–Crippen LogP) is 4.45. The topological polar surface area (TPSA) is 41.5 Å². The fourth-order valence-electron chi connectivity index (χ4n) is 2.76. The van der Waals surface area contributed by atoms with E-state index in [0.717, 1.165) is 21.8 Å². The molecule has 0 aliphatic carbocycles. The third kappa shape index (κ3) is 2.95. The molecular formula is C19H22N2OS. The second-order valence-corrected chi connectivity index (χ2v) is 8.25. The fourth-order valence-corrected chi connectivity index (χ4v) is 3.84. The minimum absolute atomic E-state index is 0.0474. The molecule has 0 spiro atoms. The molecule has 23 heavy (non-hydrogen) atoms. The van der Waals surface area contributed by atoms with Crippen LogP contribution in [0.4, 0.5) is 5.00 Å². The van der Waals surface area contributed by atoms with E-state index in [2.05, 4.69) is 69.2 Å². The van der Waals surface area contributed by atoms with E-state index in [9.17, 15) is 4.79 Å². The molecular weight excluding hydrogens is 304 g/mol. The molecule has 0 atom stereocenters. The summed E-state index contributed by atoms with van der Waals surface area (Å²) < 4.78 is 0. The van der Waals surface area contributed by atoms with E-state index in [4.69, 9.17) is 0 Å². The summed E-state index contributed by atoms with van der Waals surface area (Å²) in [7, 11) is 0. The molecule has 0 unspecified atom stereocenters. The van der Waals surface area contributed by atoms with Gasteiger partial charge in [-0.3, -0.25) is 9.79 Å². The molecule has 1 N–H and O–H groups in total. The highest BCUT2D eigenvalue weighted by Gasteiger charge is 2.23. The zero-order chi connectivity index (χ0) is 16.8. The Labute approximate surface area is 141 Å². The van der Waals surface area contributed by atoms with Crippen molar-refractivity contribution >= 4 is 28.0 Å². The third-order valence-corrected chi connectivity index (χ3v) is 5.40. The van der Waals surface area contributed by atoms with E-state index in [1.165, 1.54) is 16.0 Å². The summed E-state index contributed by atoms with van der Waals surface area (Å²) in [6.07, 6.45) is 0. The van der Waals surface area contributed by atoms with Gasteiger partial charge in [-0.1, -0.05) is 45.0 Å². The van der Waals surface area contributed by atoms with Crippen LogP contribution in [0.5, 0.6) is 0 Å². The number of fused-ring (bicyclic) bond motifs is 1. The molecule has 2 aromatic rings. The summed E-state index contributed by atoms with van der Waals surface area (Å²) >= 11 is 1.63. The van der Waals surface area contributed by atoms with Crippen molar-refractivity contribution in [1.29, 1.82) is 0 Å². The maximum Gasteiger partial charge on any atom is 0.246 e. The first-order chi connectivity index (χ1) is 10.8. The lowest BCUT2D eigenvalue weighted by molar-refractivity contribution is -0.114. The lowest BCUT2D eigenvalue weighted by Crippen LogP contribution is -2.12. The van der Waals surface area contributed by atoms with Crippen LogP contribution in [0.1, 0.15) is 47.9 Å². The molecule has 1 aliphatic rings. The van der Waals surface area contributed by atoms with Crippen molar-refractivity contribution in [3.8, 4) is 0 Å². The molecule has 0 saturated carbocycles. The number of carbonyl (C=O) groups excluding carboxylic acids is 1. The van der Waals surface area contributed by atoms with Crippen molar-refractivity contribution in [3.63, 3.8) is 0 Å². The molecule has 1 amide bonds. The van der Waals surface area contributed by atoms with Gasteiger partial charge in [0.1, 0.15) is 11.5 Å². The standard InChI is InChI=1S/C19H22N2OS/c1-11-12(2)23-18-16(11)17(20-10-15(22)21-18)13-6-8-14(9-7-13)19(3,4)5/h6-9H,10H2,1-5H3,(H,21,22). The van der Waals surface area contributed by atoms with Crippen molar-refractivity contribution in [3.05, 3.63) is 51.4 Å². The smallest absolute Gasteiger partial charge is 0.246 e. The van der Waals surface area contributed by atoms with Crippen molar-refractivity contribution in [2.45, 2.75) is 40.0 Å². The van der Waals surface area contributed by atoms with Gasteiger partial charge in [0.05, 0.1) is 5.71 Å². The number of benzene rings is 1. The highest BCUT2D eigenvalue weighted by molar-refractivity contribution is 7.17. The summed E-state index contributed by atoms with van der Waals surface area (Å²) in [5.41, 5.74) is 5.68. The van der Waals surface area contributed by atoms with Crippen LogP contribution in [-0.2, 0) is 10.2 Å². The van der Waals surface area contributed by atoms with Crippen LogP contribution in [0.3, 0.4) is 0 Å². The number of rotatable bonds is 1. The van der Waals surface area contributed by atoms with Gasteiger partial charge in [-0.2, -0.15) is 0 Å². The van der Waals surface area contributed by atoms with E-state index in [0.29, 0.717) is 0 Å². The number of thiophene rings is 1. The number of carbonyl (C=O) groups is 1. The summed E-state index contributed by atoms with van der Waals surface area (Å²) in [4.78, 5) is 17.7. The molecule has 1 aromatic heterocycles. The molecule has 2 heterocycles. The number of hydrogen-bond donors (Lipinski definition) is 1. The monoisotopic (exact) mass is 326 g/mol. The highest BCUT2D eigenvalue weighted by Crippen LogP contribution is 2.35. The van der Waals surface area contributed by atoms with Crippen LogP contribution < -0.4 is 5.32 Å². The quantitative estimate of drug-likeness (QED) is 0.826.